The number of hydrogen-bond donors (Lipinski definition) is 0. The zero-order valence-electron chi connectivity index (χ0n) is 15.4. The van der Waals surface area contributed by atoms with Crippen molar-refractivity contribution in [2.75, 3.05) is 22.9 Å². The predicted molar refractivity (Wildman–Crippen MR) is 109 cm³/mol. The van der Waals surface area contributed by atoms with Crippen LogP contribution in [-0.4, -0.2) is 24.9 Å². The van der Waals surface area contributed by atoms with Gasteiger partial charge < -0.3 is 9.80 Å². The summed E-state index contributed by atoms with van der Waals surface area (Å²) in [4.78, 5) is 28.7. The molecule has 1 aliphatic rings. The maximum Gasteiger partial charge on any atom is 0.258 e. The largest absolute Gasteiger partial charge is 0.312 e. The van der Waals surface area contributed by atoms with Crippen molar-refractivity contribution in [3.63, 3.8) is 0 Å². The number of carbonyl (C=O) groups excluding carboxylic acids is 2. The summed E-state index contributed by atoms with van der Waals surface area (Å²) in [5, 5.41) is 2.18. The molecule has 1 heterocycles. The van der Waals surface area contributed by atoms with Crippen LogP contribution in [0.1, 0.15) is 30.1 Å². The van der Waals surface area contributed by atoms with E-state index in [9.17, 15) is 9.59 Å². The normalized spacial score (nSPS) is 14.0. The summed E-state index contributed by atoms with van der Waals surface area (Å²) in [5.74, 6) is 0.119. The second kappa shape index (κ2) is 7.23. The van der Waals surface area contributed by atoms with Gasteiger partial charge in [-0.15, -0.1) is 0 Å². The van der Waals surface area contributed by atoms with Gasteiger partial charge in [0.2, 0.25) is 5.91 Å². The Morgan fingerprint density at radius 2 is 1.74 bits per heavy atom. The van der Waals surface area contributed by atoms with Gasteiger partial charge in [-0.2, -0.15) is 0 Å². The standard InChI is InChI=1S/C23H22N2O2/c1-2-24(21-10-5-8-17-7-3-4-9-20(17)21)23(27)18-12-14-19(15-13-18)25-16-6-11-22(25)26/h3-5,7-10,12-15H,2,6,11,16H2,1H3. The second-order valence-electron chi connectivity index (χ2n) is 6.74. The molecule has 0 aliphatic carbocycles. The number of rotatable bonds is 4. The van der Waals surface area contributed by atoms with Crippen LogP contribution in [0.3, 0.4) is 0 Å². The topological polar surface area (TPSA) is 40.6 Å². The number of hydrogen-bond acceptors (Lipinski definition) is 2. The number of fused-ring (bicyclic) bond motifs is 1. The van der Waals surface area contributed by atoms with Gasteiger partial charge in [-0.05, 0) is 49.1 Å². The highest BCUT2D eigenvalue weighted by Gasteiger charge is 2.23. The minimum absolute atomic E-state index is 0.0341. The van der Waals surface area contributed by atoms with E-state index in [1.165, 1.54) is 0 Å². The van der Waals surface area contributed by atoms with Crippen molar-refractivity contribution in [2.24, 2.45) is 0 Å². The van der Waals surface area contributed by atoms with Crippen molar-refractivity contribution in [3.8, 4) is 0 Å². The molecule has 4 nitrogen and oxygen atoms in total. The molecule has 0 unspecified atom stereocenters. The van der Waals surface area contributed by atoms with Gasteiger partial charge in [0, 0.05) is 36.1 Å². The predicted octanol–water partition coefficient (Wildman–Crippen LogP) is 4.63. The molecule has 2 amide bonds. The third kappa shape index (κ3) is 3.19. The monoisotopic (exact) mass is 358 g/mol. The van der Waals surface area contributed by atoms with Crippen LogP contribution in [0.15, 0.2) is 66.7 Å². The maximum absolute atomic E-state index is 13.2. The van der Waals surface area contributed by atoms with Crippen molar-refractivity contribution in [1.29, 1.82) is 0 Å². The molecule has 0 N–H and O–H groups in total. The zero-order valence-corrected chi connectivity index (χ0v) is 15.4. The molecular formula is C23H22N2O2. The number of amides is 2. The Morgan fingerprint density at radius 1 is 1.00 bits per heavy atom. The summed E-state index contributed by atoms with van der Waals surface area (Å²) in [6, 6.07) is 21.5. The maximum atomic E-state index is 13.2. The van der Waals surface area contributed by atoms with Crippen molar-refractivity contribution < 1.29 is 9.59 Å². The summed E-state index contributed by atoms with van der Waals surface area (Å²) in [5.41, 5.74) is 2.40. The Hall–Kier alpha value is -3.14. The first-order valence-electron chi connectivity index (χ1n) is 9.39. The van der Waals surface area contributed by atoms with E-state index >= 15 is 0 Å². The minimum Gasteiger partial charge on any atom is -0.312 e. The Labute approximate surface area is 159 Å². The Morgan fingerprint density at radius 3 is 2.44 bits per heavy atom. The summed E-state index contributed by atoms with van der Waals surface area (Å²) in [6.45, 7) is 3.32. The molecule has 136 valence electrons. The van der Waals surface area contributed by atoms with E-state index in [-0.39, 0.29) is 11.8 Å². The first kappa shape index (κ1) is 17.3. The highest BCUT2D eigenvalue weighted by atomic mass is 16.2. The smallest absolute Gasteiger partial charge is 0.258 e. The van der Waals surface area contributed by atoms with Crippen molar-refractivity contribution >= 4 is 34.0 Å². The van der Waals surface area contributed by atoms with E-state index in [1.54, 1.807) is 9.80 Å². The molecular weight excluding hydrogens is 336 g/mol. The third-order valence-electron chi connectivity index (χ3n) is 5.12. The van der Waals surface area contributed by atoms with Crippen LogP contribution in [0.4, 0.5) is 11.4 Å². The van der Waals surface area contributed by atoms with Crippen LogP contribution in [0, 0.1) is 0 Å². The van der Waals surface area contributed by atoms with E-state index in [1.807, 2.05) is 61.5 Å². The lowest BCUT2D eigenvalue weighted by Crippen LogP contribution is -2.31. The van der Waals surface area contributed by atoms with E-state index in [0.717, 1.165) is 35.1 Å². The molecule has 3 aromatic carbocycles. The third-order valence-corrected chi connectivity index (χ3v) is 5.12. The van der Waals surface area contributed by atoms with Gasteiger partial charge in [0.05, 0.1) is 5.69 Å². The Bertz CT molecular complexity index is 989. The van der Waals surface area contributed by atoms with Gasteiger partial charge >= 0.3 is 0 Å². The van der Waals surface area contributed by atoms with Crippen LogP contribution in [0.25, 0.3) is 10.8 Å². The average molecular weight is 358 g/mol. The molecule has 1 fully saturated rings. The first-order valence-corrected chi connectivity index (χ1v) is 9.39. The molecule has 4 heteroatoms. The van der Waals surface area contributed by atoms with Gasteiger partial charge in [-0.25, -0.2) is 0 Å². The van der Waals surface area contributed by atoms with E-state index in [2.05, 4.69) is 12.1 Å². The van der Waals surface area contributed by atoms with Crippen molar-refractivity contribution in [2.45, 2.75) is 19.8 Å². The second-order valence-corrected chi connectivity index (χ2v) is 6.74. The lowest BCUT2D eigenvalue weighted by atomic mass is 10.1. The first-order chi connectivity index (χ1) is 13.2. The summed E-state index contributed by atoms with van der Waals surface area (Å²) < 4.78 is 0. The molecule has 27 heavy (non-hydrogen) atoms. The average Bonchev–Trinajstić information content (AvgIpc) is 3.14. The van der Waals surface area contributed by atoms with Crippen LogP contribution < -0.4 is 9.80 Å². The van der Waals surface area contributed by atoms with Gasteiger partial charge in [0.25, 0.3) is 5.91 Å². The number of anilines is 2. The van der Waals surface area contributed by atoms with Gasteiger partial charge in [0.1, 0.15) is 0 Å². The molecule has 0 atom stereocenters. The van der Waals surface area contributed by atoms with Crippen molar-refractivity contribution in [1.82, 2.24) is 0 Å². The van der Waals surface area contributed by atoms with Crippen LogP contribution in [-0.2, 0) is 4.79 Å². The van der Waals surface area contributed by atoms with Crippen LogP contribution >= 0.6 is 0 Å². The fourth-order valence-electron chi connectivity index (χ4n) is 3.73. The lowest BCUT2D eigenvalue weighted by molar-refractivity contribution is -0.117. The van der Waals surface area contributed by atoms with Crippen molar-refractivity contribution in [3.05, 3.63) is 72.3 Å². The fourth-order valence-corrected chi connectivity index (χ4v) is 3.73. The molecule has 0 aromatic heterocycles. The van der Waals surface area contributed by atoms with Crippen LogP contribution in [0.2, 0.25) is 0 Å². The molecule has 0 radical (unpaired) electrons. The van der Waals surface area contributed by atoms with E-state index in [4.69, 9.17) is 0 Å². The van der Waals surface area contributed by atoms with Crippen LogP contribution in [0.5, 0.6) is 0 Å². The Balaban J connectivity index is 1.65. The summed E-state index contributed by atoms with van der Waals surface area (Å²) >= 11 is 0. The van der Waals surface area contributed by atoms with E-state index in [0.29, 0.717) is 18.5 Å². The molecule has 4 rings (SSSR count). The van der Waals surface area contributed by atoms with E-state index < -0.39 is 0 Å². The van der Waals surface area contributed by atoms with Gasteiger partial charge in [-0.1, -0.05) is 36.4 Å². The fraction of sp³-hybridized carbons (Fsp3) is 0.217. The minimum atomic E-state index is -0.0341. The Kier molecular flexibility index (Phi) is 4.63. The quantitative estimate of drug-likeness (QED) is 0.682. The molecule has 0 spiro atoms. The highest BCUT2D eigenvalue weighted by Crippen LogP contribution is 2.28. The molecule has 1 aliphatic heterocycles. The summed E-state index contributed by atoms with van der Waals surface area (Å²) in [7, 11) is 0. The SMILES string of the molecule is CCN(C(=O)c1ccc(N2CCCC2=O)cc1)c1cccc2ccccc12. The zero-order chi connectivity index (χ0) is 18.8. The highest BCUT2D eigenvalue weighted by molar-refractivity contribution is 6.11. The molecule has 0 bridgehead atoms. The number of nitrogens with zero attached hydrogens (tertiary/aromatic N) is 2. The lowest BCUT2D eigenvalue weighted by Gasteiger charge is -2.23. The number of benzene rings is 3. The van der Waals surface area contributed by atoms with Gasteiger partial charge in [-0.3, -0.25) is 9.59 Å². The van der Waals surface area contributed by atoms with Gasteiger partial charge in [0.15, 0.2) is 0 Å². The molecule has 1 saturated heterocycles. The molecule has 0 saturated carbocycles. The summed E-state index contributed by atoms with van der Waals surface area (Å²) in [6.07, 6.45) is 1.50. The number of carbonyl (C=O) groups is 2. The molecule has 3 aromatic rings.